The predicted molar refractivity (Wildman–Crippen MR) is 127 cm³/mol. The summed E-state index contributed by atoms with van der Waals surface area (Å²) in [5.74, 6) is -0.600. The Morgan fingerprint density at radius 2 is 1.97 bits per heavy atom. The molecule has 33 heavy (non-hydrogen) atoms. The van der Waals surface area contributed by atoms with Gasteiger partial charge >= 0.3 is 6.09 Å². The number of methoxy groups -OCH3 is 1. The van der Waals surface area contributed by atoms with Gasteiger partial charge in [0.1, 0.15) is 5.82 Å². The lowest BCUT2D eigenvalue weighted by molar-refractivity contribution is -0.116. The highest BCUT2D eigenvalue weighted by atomic mass is 35.5. The van der Waals surface area contributed by atoms with Gasteiger partial charge in [0.15, 0.2) is 0 Å². The normalized spacial score (nSPS) is 15.1. The number of pyridine rings is 1. The van der Waals surface area contributed by atoms with Crippen molar-refractivity contribution < 1.29 is 18.7 Å². The molecule has 4 rings (SSSR count). The van der Waals surface area contributed by atoms with E-state index in [2.05, 4.69) is 20.4 Å². The van der Waals surface area contributed by atoms with Crippen LogP contribution in [0, 0.1) is 5.82 Å². The molecule has 0 spiro atoms. The van der Waals surface area contributed by atoms with Gasteiger partial charge in [-0.3, -0.25) is 15.1 Å². The monoisotopic (exact) mass is 465 g/mol. The standard InChI is InChI=1S/C25H21ClFN3O3/c1-33-25(32)29-19-7-8-21-16-10-15(11-18(27)12-16)20(22-9-6-17(26)14-28-22)4-2-3-5-24(31)30-23(21)13-19/h4,6-14H,2-3,5H2,1H3,(H,29,32)(H,30,31)/b20-4+. The molecule has 2 N–H and O–H groups in total. The van der Waals surface area contributed by atoms with Crippen molar-refractivity contribution in [2.24, 2.45) is 0 Å². The van der Waals surface area contributed by atoms with E-state index in [9.17, 15) is 14.0 Å². The number of carbonyl (C=O) groups is 2. The second-order valence-corrected chi connectivity index (χ2v) is 7.96. The minimum Gasteiger partial charge on any atom is -0.453 e. The molecule has 0 radical (unpaired) electrons. The van der Waals surface area contributed by atoms with Gasteiger partial charge in [0.2, 0.25) is 5.91 Å². The van der Waals surface area contributed by atoms with E-state index in [0.717, 1.165) is 5.57 Å². The summed E-state index contributed by atoms with van der Waals surface area (Å²) < 4.78 is 19.4. The average molecular weight is 466 g/mol. The molecule has 1 aliphatic heterocycles. The first-order valence-corrected chi connectivity index (χ1v) is 10.7. The number of nitrogens with zero attached hydrogens (tertiary/aromatic N) is 1. The Balaban J connectivity index is 1.86. The van der Waals surface area contributed by atoms with Crippen molar-refractivity contribution in [1.29, 1.82) is 0 Å². The molecule has 6 nitrogen and oxygen atoms in total. The van der Waals surface area contributed by atoms with Crippen LogP contribution in [-0.4, -0.2) is 24.1 Å². The number of ether oxygens (including phenoxy) is 1. The van der Waals surface area contributed by atoms with Crippen LogP contribution in [0.3, 0.4) is 0 Å². The Morgan fingerprint density at radius 3 is 2.73 bits per heavy atom. The minimum absolute atomic E-state index is 0.178. The summed E-state index contributed by atoms with van der Waals surface area (Å²) in [6, 6.07) is 13.2. The van der Waals surface area contributed by atoms with Crippen LogP contribution in [0.25, 0.3) is 16.7 Å². The maximum absolute atomic E-state index is 14.8. The summed E-state index contributed by atoms with van der Waals surface area (Å²) in [4.78, 5) is 28.6. The van der Waals surface area contributed by atoms with Crippen molar-refractivity contribution in [2.45, 2.75) is 19.3 Å². The highest BCUT2D eigenvalue weighted by Gasteiger charge is 2.16. The lowest BCUT2D eigenvalue weighted by Crippen LogP contribution is -2.14. The van der Waals surface area contributed by atoms with Gasteiger partial charge < -0.3 is 10.1 Å². The molecule has 168 valence electrons. The SMILES string of the molecule is COC(=O)Nc1ccc2c(c1)NC(=O)CCC/C=C(/c1ccc(Cl)cn1)c1cc(F)cc-2c1. The Bertz CT molecular complexity index is 1240. The summed E-state index contributed by atoms with van der Waals surface area (Å²) >= 11 is 5.99. The number of aromatic nitrogens is 1. The molecule has 1 aliphatic rings. The zero-order valence-electron chi connectivity index (χ0n) is 17.8. The van der Waals surface area contributed by atoms with E-state index in [-0.39, 0.29) is 5.91 Å². The topological polar surface area (TPSA) is 80.3 Å². The molecule has 0 aliphatic carbocycles. The van der Waals surface area contributed by atoms with Gasteiger partial charge in [0.25, 0.3) is 0 Å². The predicted octanol–water partition coefficient (Wildman–Crippen LogP) is 6.27. The Kier molecular flexibility index (Phi) is 6.70. The Morgan fingerprint density at radius 1 is 1.15 bits per heavy atom. The van der Waals surface area contributed by atoms with Crippen LogP contribution in [-0.2, 0) is 9.53 Å². The summed E-state index contributed by atoms with van der Waals surface area (Å²) in [5, 5.41) is 5.97. The smallest absolute Gasteiger partial charge is 0.411 e. The second kappa shape index (κ2) is 9.83. The molecule has 2 bridgehead atoms. The van der Waals surface area contributed by atoms with Crippen LogP contribution in [0.4, 0.5) is 20.6 Å². The van der Waals surface area contributed by atoms with Gasteiger partial charge in [-0.25, -0.2) is 9.18 Å². The maximum atomic E-state index is 14.8. The number of amides is 2. The Hall–Kier alpha value is -3.71. The van der Waals surface area contributed by atoms with E-state index < -0.39 is 11.9 Å². The number of allylic oxidation sites excluding steroid dienone is 1. The maximum Gasteiger partial charge on any atom is 0.411 e. The van der Waals surface area contributed by atoms with Gasteiger partial charge in [-0.1, -0.05) is 23.7 Å². The van der Waals surface area contributed by atoms with E-state index in [1.54, 1.807) is 36.5 Å². The van der Waals surface area contributed by atoms with Crippen LogP contribution in [0.15, 0.2) is 60.8 Å². The first-order valence-electron chi connectivity index (χ1n) is 10.4. The molecule has 0 atom stereocenters. The van der Waals surface area contributed by atoms with E-state index in [1.165, 1.54) is 19.2 Å². The Labute approximate surface area is 195 Å². The number of carbonyl (C=O) groups excluding carboxylic acids is 2. The molecule has 2 heterocycles. The summed E-state index contributed by atoms with van der Waals surface area (Å²) in [7, 11) is 1.26. The fraction of sp³-hybridized carbons (Fsp3) is 0.160. The molecule has 3 aromatic rings. The summed E-state index contributed by atoms with van der Waals surface area (Å²) in [6.45, 7) is 0. The number of anilines is 2. The minimum atomic E-state index is -0.632. The van der Waals surface area contributed by atoms with Crippen LogP contribution in [0.1, 0.15) is 30.5 Å². The highest BCUT2D eigenvalue weighted by molar-refractivity contribution is 6.30. The molecule has 0 saturated heterocycles. The van der Waals surface area contributed by atoms with Gasteiger partial charge in [0.05, 0.1) is 23.5 Å². The van der Waals surface area contributed by atoms with Gasteiger partial charge in [-0.15, -0.1) is 0 Å². The van der Waals surface area contributed by atoms with Crippen LogP contribution >= 0.6 is 11.6 Å². The quantitative estimate of drug-likeness (QED) is 0.467. The third-order valence-electron chi connectivity index (χ3n) is 5.21. The van der Waals surface area contributed by atoms with E-state index in [0.29, 0.717) is 58.0 Å². The summed E-state index contributed by atoms with van der Waals surface area (Å²) in [5.41, 5.74) is 4.18. The number of nitrogens with one attached hydrogen (secondary N) is 2. The molecule has 1 aromatic heterocycles. The van der Waals surface area contributed by atoms with Gasteiger partial charge in [-0.2, -0.15) is 0 Å². The molecule has 2 amide bonds. The lowest BCUT2D eigenvalue weighted by atomic mass is 9.94. The number of halogens is 2. The van der Waals surface area contributed by atoms with Crippen molar-refractivity contribution in [3.8, 4) is 11.1 Å². The van der Waals surface area contributed by atoms with Crippen molar-refractivity contribution in [1.82, 2.24) is 4.98 Å². The van der Waals surface area contributed by atoms with Crippen molar-refractivity contribution in [3.05, 3.63) is 82.9 Å². The van der Waals surface area contributed by atoms with Crippen molar-refractivity contribution in [3.63, 3.8) is 0 Å². The molecule has 8 heteroatoms. The number of hydrogen-bond donors (Lipinski definition) is 2. The third kappa shape index (κ3) is 5.38. The number of hydrogen-bond acceptors (Lipinski definition) is 4. The average Bonchev–Trinajstić information content (AvgIpc) is 2.79. The fourth-order valence-electron chi connectivity index (χ4n) is 3.67. The largest absolute Gasteiger partial charge is 0.453 e. The van der Waals surface area contributed by atoms with Crippen molar-refractivity contribution in [2.75, 3.05) is 17.7 Å². The zero-order chi connectivity index (χ0) is 23.4. The zero-order valence-corrected chi connectivity index (χ0v) is 18.6. The number of benzene rings is 2. The number of rotatable bonds is 2. The first-order chi connectivity index (χ1) is 15.9. The molecule has 0 saturated carbocycles. The first kappa shape index (κ1) is 22.5. The third-order valence-corrected chi connectivity index (χ3v) is 5.43. The van der Waals surface area contributed by atoms with E-state index in [4.69, 9.17) is 11.6 Å². The highest BCUT2D eigenvalue weighted by Crippen LogP contribution is 2.35. The van der Waals surface area contributed by atoms with E-state index in [1.807, 2.05) is 12.1 Å². The second-order valence-electron chi connectivity index (χ2n) is 7.53. The van der Waals surface area contributed by atoms with Gasteiger partial charge in [-0.05, 0) is 66.4 Å². The molecule has 0 unspecified atom stereocenters. The van der Waals surface area contributed by atoms with Crippen molar-refractivity contribution >= 4 is 40.5 Å². The summed E-state index contributed by atoms with van der Waals surface area (Å²) in [6.07, 6.45) is 4.39. The molecular formula is C25H21ClFN3O3. The molecular weight excluding hydrogens is 445 g/mol. The number of fused-ring (bicyclic) bond motifs is 4. The van der Waals surface area contributed by atoms with Gasteiger partial charge in [0, 0.05) is 29.4 Å². The molecule has 2 aromatic carbocycles. The van der Waals surface area contributed by atoms with Crippen LogP contribution in [0.2, 0.25) is 5.02 Å². The molecule has 0 fully saturated rings. The van der Waals surface area contributed by atoms with E-state index >= 15 is 0 Å². The fourth-order valence-corrected chi connectivity index (χ4v) is 3.79. The lowest BCUT2D eigenvalue weighted by Gasteiger charge is -2.17. The van der Waals surface area contributed by atoms with Crippen LogP contribution < -0.4 is 10.6 Å². The van der Waals surface area contributed by atoms with Crippen LogP contribution in [0.5, 0.6) is 0 Å².